The predicted molar refractivity (Wildman–Crippen MR) is 150 cm³/mol. The van der Waals surface area contributed by atoms with Crippen molar-refractivity contribution in [1.29, 1.82) is 0 Å². The van der Waals surface area contributed by atoms with Crippen LogP contribution in [0.4, 0.5) is 4.79 Å². The van der Waals surface area contributed by atoms with Gasteiger partial charge in [0.15, 0.2) is 0 Å². The number of nitrogens with one attached hydrogen (secondary N) is 2. The minimum atomic E-state index is -0.658. The highest BCUT2D eigenvalue weighted by molar-refractivity contribution is 5.99. The molecule has 0 aliphatic carbocycles. The molecule has 0 atom stereocenters. The Morgan fingerprint density at radius 2 is 1.77 bits per heavy atom. The molecule has 9 nitrogen and oxygen atoms in total. The first kappa shape index (κ1) is 27.6. The van der Waals surface area contributed by atoms with Gasteiger partial charge < -0.3 is 24.3 Å². The molecule has 2 aromatic heterocycles. The Labute approximate surface area is 227 Å². The average molecular weight is 531 g/mol. The fourth-order valence-electron chi connectivity index (χ4n) is 4.46. The quantitative estimate of drug-likeness (QED) is 0.304. The zero-order valence-electron chi connectivity index (χ0n) is 23.1. The summed E-state index contributed by atoms with van der Waals surface area (Å²) in [6, 6.07) is 15.2. The van der Waals surface area contributed by atoms with E-state index in [2.05, 4.69) is 15.3 Å². The lowest BCUT2D eigenvalue weighted by atomic mass is 9.94. The second-order valence-corrected chi connectivity index (χ2v) is 10.8. The number of methoxy groups -OCH3 is 1. The van der Waals surface area contributed by atoms with Gasteiger partial charge in [0, 0.05) is 28.8 Å². The van der Waals surface area contributed by atoms with Crippen LogP contribution in [0.25, 0.3) is 33.3 Å². The fraction of sp³-hybridized carbons (Fsp3) is 0.333. The molecule has 2 aromatic carbocycles. The fourth-order valence-corrected chi connectivity index (χ4v) is 4.46. The van der Waals surface area contributed by atoms with E-state index in [1.807, 2.05) is 50.2 Å². The van der Waals surface area contributed by atoms with E-state index in [-0.39, 0.29) is 23.7 Å². The summed E-state index contributed by atoms with van der Waals surface area (Å²) in [5, 5.41) is 4.10. The van der Waals surface area contributed by atoms with Gasteiger partial charge in [0.25, 0.3) is 5.56 Å². The molecule has 0 fully saturated rings. The number of aromatic amines is 1. The number of alkyl carbamates (subject to hydrolysis) is 1. The van der Waals surface area contributed by atoms with E-state index in [4.69, 9.17) is 9.47 Å². The molecule has 0 radical (unpaired) electrons. The Balaban J connectivity index is 1.95. The van der Waals surface area contributed by atoms with Gasteiger partial charge >= 0.3 is 12.1 Å². The molecule has 2 heterocycles. The van der Waals surface area contributed by atoms with Gasteiger partial charge in [-0.15, -0.1) is 0 Å². The SMILES string of the molecule is COC(=O)c1cnc(-c2ccc3c(=O)n(CC(C)C)c(CNC(=O)OC(C)(C)C)c(-c4ccccc4)c3c2)[nH]1. The number of hydrogen-bond donors (Lipinski definition) is 2. The number of fused-ring (bicyclic) bond motifs is 1. The van der Waals surface area contributed by atoms with Crippen LogP contribution in [0.5, 0.6) is 0 Å². The largest absolute Gasteiger partial charge is 0.464 e. The molecule has 0 saturated heterocycles. The van der Waals surface area contributed by atoms with E-state index >= 15 is 0 Å². The zero-order chi connectivity index (χ0) is 28.3. The maximum atomic E-state index is 13.9. The number of benzene rings is 2. The molecule has 0 bridgehead atoms. The monoisotopic (exact) mass is 530 g/mol. The molecular formula is C30H34N4O5. The molecular weight excluding hydrogens is 496 g/mol. The van der Waals surface area contributed by atoms with Crippen molar-refractivity contribution in [2.75, 3.05) is 7.11 Å². The molecule has 2 N–H and O–H groups in total. The van der Waals surface area contributed by atoms with Crippen molar-refractivity contribution < 1.29 is 19.1 Å². The number of ether oxygens (including phenoxy) is 2. The van der Waals surface area contributed by atoms with Crippen molar-refractivity contribution in [3.05, 3.63) is 76.5 Å². The van der Waals surface area contributed by atoms with E-state index in [0.717, 1.165) is 11.1 Å². The summed E-state index contributed by atoms with van der Waals surface area (Å²) < 4.78 is 12.0. The number of nitrogens with zero attached hydrogens (tertiary/aromatic N) is 2. The van der Waals surface area contributed by atoms with Gasteiger partial charge in [-0.05, 0) is 49.8 Å². The van der Waals surface area contributed by atoms with E-state index < -0.39 is 17.7 Å². The molecule has 4 rings (SSSR count). The van der Waals surface area contributed by atoms with Crippen molar-refractivity contribution in [2.24, 2.45) is 5.92 Å². The Bertz CT molecular complexity index is 1560. The summed E-state index contributed by atoms with van der Waals surface area (Å²) in [5.41, 5.74) is 2.50. The summed E-state index contributed by atoms with van der Waals surface area (Å²) in [6.45, 7) is 10.1. The van der Waals surface area contributed by atoms with Crippen molar-refractivity contribution in [3.8, 4) is 22.5 Å². The number of carbonyl (C=O) groups excluding carboxylic acids is 2. The van der Waals surface area contributed by atoms with E-state index in [1.165, 1.54) is 13.3 Å². The highest BCUT2D eigenvalue weighted by Gasteiger charge is 2.22. The molecule has 4 aromatic rings. The van der Waals surface area contributed by atoms with Gasteiger partial charge in [0.05, 0.1) is 19.9 Å². The van der Waals surface area contributed by atoms with Crippen LogP contribution in [0, 0.1) is 5.92 Å². The number of hydrogen-bond acceptors (Lipinski definition) is 6. The number of esters is 1. The number of H-pyrrole nitrogens is 1. The number of carbonyl (C=O) groups is 2. The lowest BCUT2D eigenvalue weighted by Crippen LogP contribution is -2.35. The first-order chi connectivity index (χ1) is 18.5. The number of imidazole rings is 1. The van der Waals surface area contributed by atoms with Gasteiger partial charge in [-0.1, -0.05) is 50.2 Å². The Morgan fingerprint density at radius 3 is 2.41 bits per heavy atom. The predicted octanol–water partition coefficient (Wildman–Crippen LogP) is 5.53. The van der Waals surface area contributed by atoms with Crippen LogP contribution in [0.15, 0.2) is 59.5 Å². The lowest BCUT2D eigenvalue weighted by molar-refractivity contribution is 0.0521. The lowest BCUT2D eigenvalue weighted by Gasteiger charge is -2.23. The van der Waals surface area contributed by atoms with Crippen LogP contribution in [0.2, 0.25) is 0 Å². The third-order valence-corrected chi connectivity index (χ3v) is 6.04. The first-order valence-corrected chi connectivity index (χ1v) is 12.8. The van der Waals surface area contributed by atoms with Crippen molar-refractivity contribution >= 4 is 22.8 Å². The Morgan fingerprint density at radius 1 is 1.05 bits per heavy atom. The highest BCUT2D eigenvalue weighted by atomic mass is 16.6. The molecule has 39 heavy (non-hydrogen) atoms. The number of aromatic nitrogens is 3. The van der Waals surface area contributed by atoms with Gasteiger partial charge in [0.2, 0.25) is 0 Å². The topological polar surface area (TPSA) is 115 Å². The van der Waals surface area contributed by atoms with E-state index in [1.54, 1.807) is 37.5 Å². The first-order valence-electron chi connectivity index (χ1n) is 12.8. The summed E-state index contributed by atoms with van der Waals surface area (Å²) in [6.07, 6.45) is 0.852. The van der Waals surface area contributed by atoms with Crippen molar-refractivity contribution in [2.45, 2.75) is 53.3 Å². The summed E-state index contributed by atoms with van der Waals surface area (Å²) in [5.74, 6) is 0.130. The summed E-state index contributed by atoms with van der Waals surface area (Å²) in [7, 11) is 1.31. The van der Waals surface area contributed by atoms with Crippen LogP contribution in [0.1, 0.15) is 50.8 Å². The summed E-state index contributed by atoms with van der Waals surface area (Å²) in [4.78, 5) is 45.8. The molecule has 1 amide bonds. The van der Waals surface area contributed by atoms with Crippen LogP contribution in [-0.2, 0) is 22.6 Å². The van der Waals surface area contributed by atoms with Gasteiger partial charge in [0.1, 0.15) is 17.1 Å². The molecule has 0 aliphatic rings. The van der Waals surface area contributed by atoms with Crippen LogP contribution >= 0.6 is 0 Å². The molecule has 0 spiro atoms. The van der Waals surface area contributed by atoms with Gasteiger partial charge in [-0.3, -0.25) is 4.79 Å². The number of pyridine rings is 1. The maximum Gasteiger partial charge on any atom is 0.407 e. The Kier molecular flexibility index (Phi) is 7.90. The number of rotatable bonds is 7. The normalized spacial score (nSPS) is 11.6. The Hall–Kier alpha value is -4.40. The third kappa shape index (κ3) is 6.19. The molecule has 0 aliphatic heterocycles. The summed E-state index contributed by atoms with van der Waals surface area (Å²) >= 11 is 0. The molecule has 204 valence electrons. The van der Waals surface area contributed by atoms with E-state index in [0.29, 0.717) is 34.4 Å². The smallest absolute Gasteiger partial charge is 0.407 e. The zero-order valence-corrected chi connectivity index (χ0v) is 23.1. The van der Waals surface area contributed by atoms with Crippen LogP contribution < -0.4 is 10.9 Å². The highest BCUT2D eigenvalue weighted by Crippen LogP contribution is 2.33. The molecule has 0 saturated carbocycles. The average Bonchev–Trinajstić information content (AvgIpc) is 3.38. The van der Waals surface area contributed by atoms with Crippen LogP contribution in [-0.4, -0.2) is 39.3 Å². The minimum Gasteiger partial charge on any atom is -0.464 e. The van der Waals surface area contributed by atoms with Crippen molar-refractivity contribution in [3.63, 3.8) is 0 Å². The van der Waals surface area contributed by atoms with E-state index in [9.17, 15) is 14.4 Å². The number of amides is 1. The second kappa shape index (κ2) is 11.1. The van der Waals surface area contributed by atoms with Gasteiger partial charge in [-0.25, -0.2) is 14.6 Å². The third-order valence-electron chi connectivity index (χ3n) is 6.04. The minimum absolute atomic E-state index is 0.0918. The standard InChI is InChI=1S/C30H34N4O5/c1-18(2)17-34-24(16-32-29(37)39-30(3,4)5)25(19-10-8-7-9-11-19)22-14-20(12-13-21(22)27(34)35)26-31-15-23(33-26)28(36)38-6/h7-15,18H,16-17H2,1-6H3,(H,31,33)(H,32,37). The van der Waals surface area contributed by atoms with Crippen molar-refractivity contribution in [1.82, 2.24) is 19.9 Å². The maximum absolute atomic E-state index is 13.9. The second-order valence-electron chi connectivity index (χ2n) is 10.8. The molecule has 0 unspecified atom stereocenters. The van der Waals surface area contributed by atoms with Crippen LogP contribution in [0.3, 0.4) is 0 Å². The van der Waals surface area contributed by atoms with Gasteiger partial charge in [-0.2, -0.15) is 0 Å². The molecule has 9 heteroatoms.